The molecule has 0 amide bonds. The summed E-state index contributed by atoms with van der Waals surface area (Å²) in [5.74, 6) is 1.26. The number of hydrogen-bond acceptors (Lipinski definition) is 6. The number of esters is 1. The van der Waals surface area contributed by atoms with Gasteiger partial charge in [0.1, 0.15) is 6.04 Å². The zero-order chi connectivity index (χ0) is 12.7. The van der Waals surface area contributed by atoms with E-state index >= 15 is 0 Å². The fraction of sp³-hybridized carbons (Fsp3) is 0.700. The predicted molar refractivity (Wildman–Crippen MR) is 66.4 cm³/mol. The summed E-state index contributed by atoms with van der Waals surface area (Å²) in [5.41, 5.74) is 6.60. The van der Waals surface area contributed by atoms with Gasteiger partial charge in [-0.15, -0.1) is 5.10 Å². The van der Waals surface area contributed by atoms with Crippen LogP contribution in [0.1, 0.15) is 19.0 Å². The van der Waals surface area contributed by atoms with Gasteiger partial charge >= 0.3 is 5.97 Å². The summed E-state index contributed by atoms with van der Waals surface area (Å²) in [5, 5.41) is 7.80. The van der Waals surface area contributed by atoms with E-state index in [1.165, 1.54) is 0 Å². The molecule has 0 aromatic carbocycles. The maximum absolute atomic E-state index is 11.2. The van der Waals surface area contributed by atoms with Crippen molar-refractivity contribution in [3.63, 3.8) is 0 Å². The van der Waals surface area contributed by atoms with Crippen molar-refractivity contribution in [2.45, 2.75) is 25.1 Å². The summed E-state index contributed by atoms with van der Waals surface area (Å²) in [6.07, 6.45) is 2.49. The van der Waals surface area contributed by atoms with Crippen LogP contribution in [0.3, 0.4) is 0 Å². The molecule has 2 N–H and O–H groups in total. The standard InChI is InChI=1S/C10H18N4O2S/c1-3-16-10(15)9(11)4-5-17-7-8-6-14(2)13-12-8/h6,9H,3-5,7,11H2,1-2H3. The Morgan fingerprint density at radius 1 is 1.71 bits per heavy atom. The van der Waals surface area contributed by atoms with Crippen LogP contribution in [-0.2, 0) is 22.3 Å². The predicted octanol–water partition coefficient (Wildman–Crippen LogP) is 0.329. The van der Waals surface area contributed by atoms with Gasteiger partial charge in [0.2, 0.25) is 0 Å². The van der Waals surface area contributed by atoms with Crippen molar-refractivity contribution in [3.05, 3.63) is 11.9 Å². The smallest absolute Gasteiger partial charge is 0.322 e. The molecular formula is C10H18N4O2S. The highest BCUT2D eigenvalue weighted by Gasteiger charge is 2.13. The fourth-order valence-electron chi connectivity index (χ4n) is 1.22. The Bertz CT molecular complexity index is 356. The summed E-state index contributed by atoms with van der Waals surface area (Å²) < 4.78 is 6.49. The molecule has 0 saturated carbocycles. The Morgan fingerprint density at radius 2 is 2.47 bits per heavy atom. The Morgan fingerprint density at radius 3 is 3.06 bits per heavy atom. The molecule has 0 saturated heterocycles. The van der Waals surface area contributed by atoms with E-state index in [9.17, 15) is 4.79 Å². The number of nitrogens with zero attached hydrogens (tertiary/aromatic N) is 3. The van der Waals surface area contributed by atoms with Crippen LogP contribution in [0.5, 0.6) is 0 Å². The minimum atomic E-state index is -0.524. The van der Waals surface area contributed by atoms with E-state index in [2.05, 4.69) is 10.3 Å². The number of hydrogen-bond donors (Lipinski definition) is 1. The van der Waals surface area contributed by atoms with Crippen LogP contribution in [0.4, 0.5) is 0 Å². The van der Waals surface area contributed by atoms with Crippen molar-refractivity contribution < 1.29 is 9.53 Å². The molecule has 1 unspecified atom stereocenters. The lowest BCUT2D eigenvalue weighted by atomic mass is 10.2. The summed E-state index contributed by atoms with van der Waals surface area (Å²) in [6.45, 7) is 2.15. The number of aryl methyl sites for hydroxylation is 1. The first-order valence-electron chi connectivity index (χ1n) is 5.48. The van der Waals surface area contributed by atoms with Crippen LogP contribution >= 0.6 is 11.8 Å². The highest BCUT2D eigenvalue weighted by atomic mass is 32.2. The second-order valence-electron chi connectivity index (χ2n) is 3.58. The average Bonchev–Trinajstić information content (AvgIpc) is 2.70. The number of thioether (sulfide) groups is 1. The molecule has 1 rings (SSSR count). The van der Waals surface area contributed by atoms with Gasteiger partial charge in [-0.05, 0) is 19.1 Å². The van der Waals surface area contributed by atoms with Gasteiger partial charge in [-0.25, -0.2) is 0 Å². The van der Waals surface area contributed by atoms with Crippen LogP contribution in [0.15, 0.2) is 6.20 Å². The quantitative estimate of drug-likeness (QED) is 0.560. The van der Waals surface area contributed by atoms with Gasteiger partial charge in [0, 0.05) is 19.0 Å². The summed E-state index contributed by atoms with van der Waals surface area (Å²) in [7, 11) is 1.83. The topological polar surface area (TPSA) is 83.0 Å². The second-order valence-corrected chi connectivity index (χ2v) is 4.69. The third kappa shape index (κ3) is 5.18. The molecule has 7 heteroatoms. The Labute approximate surface area is 105 Å². The van der Waals surface area contributed by atoms with Crippen molar-refractivity contribution in [2.24, 2.45) is 12.8 Å². The van der Waals surface area contributed by atoms with Gasteiger partial charge in [0.15, 0.2) is 0 Å². The molecule has 1 atom stereocenters. The third-order valence-corrected chi connectivity index (χ3v) is 3.09. The van der Waals surface area contributed by atoms with Crippen molar-refractivity contribution in [2.75, 3.05) is 12.4 Å². The fourth-order valence-corrected chi connectivity index (χ4v) is 2.12. The first-order valence-corrected chi connectivity index (χ1v) is 6.64. The van der Waals surface area contributed by atoms with Gasteiger partial charge < -0.3 is 10.5 Å². The van der Waals surface area contributed by atoms with Gasteiger partial charge in [-0.3, -0.25) is 9.48 Å². The molecule has 0 bridgehead atoms. The molecule has 1 aromatic rings. The SMILES string of the molecule is CCOC(=O)C(N)CCSCc1cn(C)nn1. The zero-order valence-corrected chi connectivity index (χ0v) is 10.9. The Hall–Kier alpha value is -1.08. The minimum absolute atomic E-state index is 0.326. The van der Waals surface area contributed by atoms with Crippen LogP contribution in [-0.4, -0.2) is 39.4 Å². The first kappa shape index (κ1) is 14.0. The number of carbonyl (C=O) groups excluding carboxylic acids is 1. The normalized spacial score (nSPS) is 12.4. The lowest BCUT2D eigenvalue weighted by molar-refractivity contribution is -0.144. The van der Waals surface area contributed by atoms with Gasteiger partial charge in [0.05, 0.1) is 12.3 Å². The van der Waals surface area contributed by atoms with Gasteiger partial charge in [0.25, 0.3) is 0 Å². The number of rotatable bonds is 7. The van der Waals surface area contributed by atoms with Crippen LogP contribution in [0.2, 0.25) is 0 Å². The summed E-state index contributed by atoms with van der Waals surface area (Å²) >= 11 is 1.68. The van der Waals surface area contributed by atoms with E-state index in [4.69, 9.17) is 10.5 Å². The maximum atomic E-state index is 11.2. The highest BCUT2D eigenvalue weighted by molar-refractivity contribution is 7.98. The molecule has 1 heterocycles. The summed E-state index contributed by atoms with van der Waals surface area (Å²) in [6, 6.07) is -0.524. The van der Waals surface area contributed by atoms with Gasteiger partial charge in [-0.2, -0.15) is 11.8 Å². The maximum Gasteiger partial charge on any atom is 0.322 e. The monoisotopic (exact) mass is 258 g/mol. The van der Waals surface area contributed by atoms with Crippen molar-refractivity contribution >= 4 is 17.7 Å². The van der Waals surface area contributed by atoms with Crippen molar-refractivity contribution in [3.8, 4) is 0 Å². The lowest BCUT2D eigenvalue weighted by Gasteiger charge is -2.09. The molecule has 6 nitrogen and oxygen atoms in total. The highest BCUT2D eigenvalue weighted by Crippen LogP contribution is 2.11. The van der Waals surface area contributed by atoms with Crippen molar-refractivity contribution in [1.29, 1.82) is 0 Å². The zero-order valence-electron chi connectivity index (χ0n) is 10.1. The third-order valence-electron chi connectivity index (χ3n) is 2.06. The Balaban J connectivity index is 2.13. The number of aromatic nitrogens is 3. The van der Waals surface area contributed by atoms with Gasteiger partial charge in [-0.1, -0.05) is 5.21 Å². The van der Waals surface area contributed by atoms with E-state index in [0.717, 1.165) is 17.2 Å². The minimum Gasteiger partial charge on any atom is -0.465 e. The van der Waals surface area contributed by atoms with Crippen LogP contribution in [0, 0.1) is 0 Å². The second kappa shape index (κ2) is 7.29. The van der Waals surface area contributed by atoms with Crippen molar-refractivity contribution in [1.82, 2.24) is 15.0 Å². The average molecular weight is 258 g/mol. The lowest BCUT2D eigenvalue weighted by Crippen LogP contribution is -2.32. The van der Waals surface area contributed by atoms with Crippen LogP contribution < -0.4 is 5.73 Å². The molecule has 0 aliphatic heterocycles. The molecule has 17 heavy (non-hydrogen) atoms. The van der Waals surface area contributed by atoms with Crippen LogP contribution in [0.25, 0.3) is 0 Å². The molecule has 0 fully saturated rings. The van der Waals surface area contributed by atoms with E-state index in [1.807, 2.05) is 13.2 Å². The number of carbonyl (C=O) groups is 1. The Kier molecular flexibility index (Phi) is 5.99. The molecular weight excluding hydrogens is 240 g/mol. The number of ether oxygens (including phenoxy) is 1. The number of nitrogens with two attached hydrogens (primary N) is 1. The molecule has 1 aromatic heterocycles. The largest absolute Gasteiger partial charge is 0.465 e. The molecule has 0 radical (unpaired) electrons. The molecule has 0 aliphatic carbocycles. The van der Waals surface area contributed by atoms with E-state index in [0.29, 0.717) is 13.0 Å². The molecule has 96 valence electrons. The molecule has 0 aliphatic rings. The van der Waals surface area contributed by atoms with E-state index in [1.54, 1.807) is 23.4 Å². The first-order chi connectivity index (χ1) is 8.13. The summed E-state index contributed by atoms with van der Waals surface area (Å²) in [4.78, 5) is 11.2. The van der Waals surface area contributed by atoms with E-state index < -0.39 is 6.04 Å². The van der Waals surface area contributed by atoms with E-state index in [-0.39, 0.29) is 5.97 Å². The molecule has 0 spiro atoms.